The molecule has 0 aliphatic carbocycles. The van der Waals surface area contributed by atoms with Gasteiger partial charge in [-0.2, -0.15) is 5.26 Å². The van der Waals surface area contributed by atoms with E-state index in [2.05, 4.69) is 21.3 Å². The molecular weight excluding hydrogens is 669 g/mol. The largest absolute Gasteiger partial charge is 0.466 e. The highest BCUT2D eigenvalue weighted by Gasteiger charge is 2.42. The van der Waals surface area contributed by atoms with Crippen LogP contribution in [-0.4, -0.2) is 78.5 Å². The van der Waals surface area contributed by atoms with E-state index < -0.39 is 17.8 Å². The number of methoxy groups -OCH3 is 1. The minimum atomic E-state index is -0.857. The lowest BCUT2D eigenvalue weighted by Crippen LogP contribution is -2.53. The molecule has 0 bridgehead atoms. The molecule has 0 saturated carbocycles. The van der Waals surface area contributed by atoms with Gasteiger partial charge in [0, 0.05) is 66.3 Å². The minimum absolute atomic E-state index is 0.0696. The maximum Gasteiger partial charge on any atom is 0.338 e. The highest BCUT2D eigenvalue weighted by Crippen LogP contribution is 2.37. The van der Waals surface area contributed by atoms with E-state index in [9.17, 15) is 14.0 Å². The third-order valence-electron chi connectivity index (χ3n) is 8.61. The van der Waals surface area contributed by atoms with E-state index in [1.807, 2.05) is 34.5 Å². The number of aromatic nitrogens is 1. The van der Waals surface area contributed by atoms with Crippen LogP contribution < -0.4 is 15.0 Å². The number of thiazole rings is 1. The molecule has 0 spiro atoms. The van der Waals surface area contributed by atoms with Gasteiger partial charge in [-0.25, -0.2) is 19.0 Å². The van der Waals surface area contributed by atoms with Gasteiger partial charge in [-0.05, 0) is 60.7 Å². The fraction of sp³-hybridized carbons (Fsp3) is 0.229. The van der Waals surface area contributed by atoms with E-state index in [0.29, 0.717) is 71.9 Å². The SMILES string of the molecule is COC(=O)C1=C(CN2CCN3C(=O)N(c4ccc(Oc5ccc(C#N)cc5)cc4)CC3C2)NC(c2nccs2)=NC1c1ccc(F)cc1Cl. The molecule has 1 aromatic heterocycles. The quantitative estimate of drug-likeness (QED) is 0.231. The van der Waals surface area contributed by atoms with Gasteiger partial charge in [0.1, 0.15) is 23.4 Å². The fourth-order valence-electron chi connectivity index (χ4n) is 6.25. The van der Waals surface area contributed by atoms with Crippen molar-refractivity contribution in [3.05, 3.63) is 117 Å². The summed E-state index contributed by atoms with van der Waals surface area (Å²) in [6.07, 6.45) is 1.67. The number of nitrogens with one attached hydrogen (secondary N) is 1. The molecule has 2 atom stereocenters. The van der Waals surface area contributed by atoms with Crippen LogP contribution in [0.1, 0.15) is 22.2 Å². The van der Waals surface area contributed by atoms with Gasteiger partial charge in [-0.1, -0.05) is 17.7 Å². The predicted molar refractivity (Wildman–Crippen MR) is 182 cm³/mol. The lowest BCUT2D eigenvalue weighted by molar-refractivity contribution is -0.136. The summed E-state index contributed by atoms with van der Waals surface area (Å²) in [6, 6.07) is 19.3. The van der Waals surface area contributed by atoms with Crippen molar-refractivity contribution in [2.24, 2.45) is 4.99 Å². The van der Waals surface area contributed by atoms with Crippen LogP contribution >= 0.6 is 22.9 Å². The Hall–Kier alpha value is -5.29. The van der Waals surface area contributed by atoms with Crippen LogP contribution in [0.25, 0.3) is 0 Å². The van der Waals surface area contributed by atoms with Crippen LogP contribution in [0.4, 0.5) is 14.9 Å². The van der Waals surface area contributed by atoms with E-state index in [-0.39, 0.29) is 22.7 Å². The molecule has 11 nitrogen and oxygen atoms in total. The Morgan fingerprint density at radius 3 is 2.53 bits per heavy atom. The maximum absolute atomic E-state index is 14.0. The number of rotatable bonds is 8. The van der Waals surface area contributed by atoms with Crippen LogP contribution in [0.5, 0.6) is 11.5 Å². The Balaban J connectivity index is 1.10. The molecular formula is C35H29ClFN7O4S. The third-order valence-corrected chi connectivity index (χ3v) is 9.72. The molecule has 4 heterocycles. The van der Waals surface area contributed by atoms with Crippen molar-refractivity contribution < 1.29 is 23.5 Å². The number of nitriles is 1. The summed E-state index contributed by atoms with van der Waals surface area (Å²) < 4.78 is 25.1. The van der Waals surface area contributed by atoms with Crippen molar-refractivity contribution in [2.75, 3.05) is 44.7 Å². The number of hydrogen-bond acceptors (Lipinski definition) is 10. The standard InChI is InChI=1S/C35H29ClFN7O4S/c1-47-34(45)30-29(40-32(33-39-12-15-49-33)41-31(30)27-11-4-22(37)16-28(27)36)20-42-13-14-43-24(18-42)19-44(35(43)46)23-5-9-26(10-6-23)48-25-7-2-21(17-38)3-8-25/h2-12,15-16,24,31H,13-14,18-20H2,1H3,(H,40,41). The number of ether oxygens (including phenoxy) is 2. The van der Waals surface area contributed by atoms with Crippen molar-refractivity contribution in [2.45, 2.75) is 12.1 Å². The lowest BCUT2D eigenvalue weighted by Gasteiger charge is -2.38. The molecule has 49 heavy (non-hydrogen) atoms. The zero-order valence-corrected chi connectivity index (χ0v) is 27.7. The summed E-state index contributed by atoms with van der Waals surface area (Å²) in [5, 5.41) is 14.9. The molecule has 3 aliphatic rings. The monoisotopic (exact) mass is 697 g/mol. The second-order valence-corrected chi connectivity index (χ2v) is 12.9. The second kappa shape index (κ2) is 13.7. The number of amidine groups is 1. The molecule has 14 heteroatoms. The average Bonchev–Trinajstić information content (AvgIpc) is 3.77. The second-order valence-electron chi connectivity index (χ2n) is 11.6. The maximum atomic E-state index is 14.0. The topological polar surface area (TPSA) is 123 Å². The minimum Gasteiger partial charge on any atom is -0.466 e. The van der Waals surface area contributed by atoms with Crippen molar-refractivity contribution >= 4 is 46.5 Å². The van der Waals surface area contributed by atoms with Gasteiger partial charge in [0.25, 0.3) is 0 Å². The van der Waals surface area contributed by atoms with Gasteiger partial charge in [0.15, 0.2) is 10.8 Å². The smallest absolute Gasteiger partial charge is 0.338 e. The Labute approximate surface area is 290 Å². The zero-order valence-electron chi connectivity index (χ0n) is 26.2. The van der Waals surface area contributed by atoms with Crippen molar-refractivity contribution in [3.8, 4) is 17.6 Å². The molecule has 2 fully saturated rings. The number of benzene rings is 3. The third kappa shape index (κ3) is 6.58. The zero-order chi connectivity index (χ0) is 34.1. The number of fused-ring (bicyclic) bond motifs is 1. The van der Waals surface area contributed by atoms with Crippen molar-refractivity contribution in [3.63, 3.8) is 0 Å². The number of urea groups is 1. The van der Waals surface area contributed by atoms with E-state index in [0.717, 1.165) is 5.69 Å². The van der Waals surface area contributed by atoms with Crippen LogP contribution in [-0.2, 0) is 9.53 Å². The molecule has 0 radical (unpaired) electrons. The van der Waals surface area contributed by atoms with E-state index in [1.165, 1.54) is 36.6 Å². The van der Waals surface area contributed by atoms with Gasteiger partial charge in [0.2, 0.25) is 0 Å². The summed E-state index contributed by atoms with van der Waals surface area (Å²) in [5.74, 6) is 0.606. The van der Waals surface area contributed by atoms with Gasteiger partial charge in [0.05, 0.1) is 30.4 Å². The van der Waals surface area contributed by atoms with Gasteiger partial charge in [-0.3, -0.25) is 14.8 Å². The number of halogens is 2. The molecule has 3 aliphatic heterocycles. The summed E-state index contributed by atoms with van der Waals surface area (Å²) in [4.78, 5) is 41.9. The van der Waals surface area contributed by atoms with Crippen molar-refractivity contribution in [1.82, 2.24) is 20.1 Å². The Morgan fingerprint density at radius 2 is 1.86 bits per heavy atom. The molecule has 7 rings (SSSR count). The van der Waals surface area contributed by atoms with E-state index >= 15 is 0 Å². The highest BCUT2D eigenvalue weighted by molar-refractivity contribution is 7.11. The average molecular weight is 698 g/mol. The number of anilines is 1. The van der Waals surface area contributed by atoms with Gasteiger partial charge >= 0.3 is 12.0 Å². The summed E-state index contributed by atoms with van der Waals surface area (Å²) in [7, 11) is 1.31. The molecule has 2 amide bonds. The normalized spacial score (nSPS) is 19.2. The fourth-order valence-corrected chi connectivity index (χ4v) is 7.11. The molecule has 1 N–H and O–H groups in total. The first-order chi connectivity index (χ1) is 23.8. The van der Waals surface area contributed by atoms with Crippen molar-refractivity contribution in [1.29, 1.82) is 5.26 Å². The number of carbonyl (C=O) groups is 2. The highest BCUT2D eigenvalue weighted by atomic mass is 35.5. The Kier molecular flexibility index (Phi) is 9.01. The number of amides is 2. The first kappa shape index (κ1) is 32.3. The Morgan fingerprint density at radius 1 is 1.10 bits per heavy atom. The summed E-state index contributed by atoms with van der Waals surface area (Å²) >= 11 is 7.89. The van der Waals surface area contributed by atoms with Crippen LogP contribution in [0, 0.1) is 17.1 Å². The number of esters is 1. The summed E-state index contributed by atoms with van der Waals surface area (Å²) in [5.41, 5.74) is 2.61. The molecule has 2 saturated heterocycles. The number of hydrogen-bond donors (Lipinski definition) is 1. The first-order valence-electron chi connectivity index (χ1n) is 15.4. The van der Waals surface area contributed by atoms with E-state index in [1.54, 1.807) is 35.4 Å². The molecule has 2 unspecified atom stereocenters. The molecule has 248 valence electrons. The molecule has 4 aromatic rings. The number of piperazine rings is 1. The first-order valence-corrected chi connectivity index (χ1v) is 16.7. The number of aliphatic imine (C=N–C) groups is 1. The van der Waals surface area contributed by atoms with Crippen LogP contribution in [0.2, 0.25) is 5.02 Å². The Bertz CT molecular complexity index is 2000. The number of nitrogens with zero attached hydrogens (tertiary/aromatic N) is 6. The summed E-state index contributed by atoms with van der Waals surface area (Å²) in [6.45, 7) is 2.46. The number of carbonyl (C=O) groups excluding carboxylic acids is 2. The van der Waals surface area contributed by atoms with E-state index in [4.69, 9.17) is 31.3 Å². The van der Waals surface area contributed by atoms with Crippen LogP contribution in [0.3, 0.4) is 0 Å². The lowest BCUT2D eigenvalue weighted by atomic mass is 9.95. The van der Waals surface area contributed by atoms with Crippen LogP contribution in [0.15, 0.2) is 94.6 Å². The van der Waals surface area contributed by atoms with Gasteiger partial charge in [-0.15, -0.1) is 11.3 Å². The van der Waals surface area contributed by atoms with Gasteiger partial charge < -0.3 is 19.7 Å². The predicted octanol–water partition coefficient (Wildman–Crippen LogP) is 5.74. The molecule has 3 aromatic carbocycles.